The van der Waals surface area contributed by atoms with Crippen LogP contribution in [0.5, 0.6) is 0 Å². The average Bonchev–Trinajstić information content (AvgIpc) is 2.59. The number of nitrogens with one attached hydrogen (secondary N) is 2. The van der Waals surface area contributed by atoms with Crippen LogP contribution < -0.4 is 10.9 Å². The van der Waals surface area contributed by atoms with Gasteiger partial charge in [0, 0.05) is 23.2 Å². The Morgan fingerprint density at radius 1 is 1.17 bits per heavy atom. The molecule has 4 nitrogen and oxygen atoms in total. The van der Waals surface area contributed by atoms with Gasteiger partial charge in [0.1, 0.15) is 6.29 Å². The average molecular weight is 332 g/mol. The molecule has 0 radical (unpaired) electrons. The lowest BCUT2D eigenvalue weighted by molar-refractivity contribution is 0.112. The van der Waals surface area contributed by atoms with E-state index in [1.54, 1.807) is 24.4 Å². The third-order valence-electron chi connectivity index (χ3n) is 3.59. The summed E-state index contributed by atoms with van der Waals surface area (Å²) in [6, 6.07) is 5.79. The minimum absolute atomic E-state index is 0.158. The van der Waals surface area contributed by atoms with Crippen molar-refractivity contribution < 1.29 is 4.79 Å². The molecule has 4 heteroatoms. The molecule has 134 valence electrons. The largest absolute Gasteiger partial charge is 0.328 e. The van der Waals surface area contributed by atoms with Crippen LogP contribution in [-0.4, -0.2) is 24.4 Å². The van der Waals surface area contributed by atoms with Gasteiger partial charge in [0.2, 0.25) is 0 Å². The van der Waals surface area contributed by atoms with Gasteiger partial charge in [-0.05, 0) is 50.2 Å². The van der Waals surface area contributed by atoms with Crippen LogP contribution in [0, 0.1) is 12.8 Å². The van der Waals surface area contributed by atoms with Crippen LogP contribution in [0.1, 0.15) is 57.0 Å². The first-order chi connectivity index (χ1) is 11.4. The zero-order valence-corrected chi connectivity index (χ0v) is 16.1. The molecule has 1 aromatic heterocycles. The van der Waals surface area contributed by atoms with Crippen molar-refractivity contribution in [2.75, 3.05) is 7.05 Å². The van der Waals surface area contributed by atoms with E-state index in [-0.39, 0.29) is 5.56 Å². The number of aromatic nitrogens is 1. The van der Waals surface area contributed by atoms with Crippen LogP contribution in [0.15, 0.2) is 29.2 Å². The smallest absolute Gasteiger partial charge is 0.255 e. The summed E-state index contributed by atoms with van der Waals surface area (Å²) < 4.78 is 0. The highest BCUT2D eigenvalue weighted by Crippen LogP contribution is 2.14. The van der Waals surface area contributed by atoms with Gasteiger partial charge in [-0.1, -0.05) is 39.8 Å². The van der Waals surface area contributed by atoms with E-state index in [2.05, 4.69) is 31.1 Å². The van der Waals surface area contributed by atoms with Gasteiger partial charge in [0.05, 0.1) is 0 Å². The van der Waals surface area contributed by atoms with Crippen LogP contribution in [0.25, 0.3) is 10.8 Å². The molecule has 0 spiro atoms. The van der Waals surface area contributed by atoms with Crippen molar-refractivity contribution in [1.82, 2.24) is 10.3 Å². The van der Waals surface area contributed by atoms with Gasteiger partial charge < -0.3 is 10.3 Å². The maximum Gasteiger partial charge on any atom is 0.255 e. The standard InChI is InChI=1S/C11H9NO2.C7H17N.C2H6/c1-7-5-12-11(14)10-4-8(6-13)2-3-9(7)10;1-6(2)5-7(3)8-4;1-2/h2-6H,1H3,(H,12,14);6-8H,5H2,1-4H3;1-2H3. The number of H-pyrrole nitrogens is 1. The maximum atomic E-state index is 11.4. The van der Waals surface area contributed by atoms with Crippen molar-refractivity contribution in [3.05, 3.63) is 45.9 Å². The second kappa shape index (κ2) is 11.6. The second-order valence-electron chi connectivity index (χ2n) is 6.04. The van der Waals surface area contributed by atoms with E-state index in [1.165, 1.54) is 6.42 Å². The summed E-state index contributed by atoms with van der Waals surface area (Å²) in [5.41, 5.74) is 1.36. The van der Waals surface area contributed by atoms with Crippen molar-refractivity contribution in [3.63, 3.8) is 0 Å². The van der Waals surface area contributed by atoms with E-state index in [4.69, 9.17) is 0 Å². The van der Waals surface area contributed by atoms with Crippen molar-refractivity contribution in [1.29, 1.82) is 0 Å². The van der Waals surface area contributed by atoms with Crippen LogP contribution in [0.3, 0.4) is 0 Å². The number of pyridine rings is 1. The molecule has 0 saturated carbocycles. The second-order valence-corrected chi connectivity index (χ2v) is 6.04. The monoisotopic (exact) mass is 332 g/mol. The Bertz CT molecular complexity index is 675. The fourth-order valence-electron chi connectivity index (χ4n) is 2.32. The number of benzene rings is 1. The number of carbonyl (C=O) groups excluding carboxylic acids is 1. The van der Waals surface area contributed by atoms with E-state index in [1.807, 2.05) is 27.8 Å². The number of hydrogen-bond acceptors (Lipinski definition) is 3. The lowest BCUT2D eigenvalue weighted by Crippen LogP contribution is -2.22. The zero-order chi connectivity index (χ0) is 18.7. The number of aldehydes is 1. The highest BCUT2D eigenvalue weighted by Gasteiger charge is 2.02. The number of fused-ring (bicyclic) bond motifs is 1. The SMILES string of the molecule is CC.CNC(C)CC(C)C.Cc1c[nH]c(=O)c2cc(C=O)ccc12. The highest BCUT2D eigenvalue weighted by atomic mass is 16.1. The molecule has 0 amide bonds. The Morgan fingerprint density at radius 3 is 2.25 bits per heavy atom. The molecule has 0 aliphatic carbocycles. The molecule has 2 aromatic rings. The minimum Gasteiger partial charge on any atom is -0.328 e. The lowest BCUT2D eigenvalue weighted by Gasteiger charge is -2.11. The molecular weight excluding hydrogens is 300 g/mol. The van der Waals surface area contributed by atoms with Gasteiger partial charge >= 0.3 is 0 Å². The number of hydrogen-bond donors (Lipinski definition) is 2. The van der Waals surface area contributed by atoms with Crippen molar-refractivity contribution in [2.24, 2.45) is 5.92 Å². The van der Waals surface area contributed by atoms with Crippen molar-refractivity contribution in [2.45, 2.75) is 54.0 Å². The molecule has 0 aliphatic rings. The van der Waals surface area contributed by atoms with Crippen LogP contribution in [0.2, 0.25) is 0 Å². The third kappa shape index (κ3) is 7.09. The topological polar surface area (TPSA) is 62.0 Å². The first-order valence-corrected chi connectivity index (χ1v) is 8.63. The Hall–Kier alpha value is -1.94. The number of aryl methyl sites for hydroxylation is 1. The summed E-state index contributed by atoms with van der Waals surface area (Å²) in [4.78, 5) is 24.6. The normalized spacial score (nSPS) is 11.2. The third-order valence-corrected chi connectivity index (χ3v) is 3.59. The molecule has 1 atom stereocenters. The molecule has 0 saturated heterocycles. The van der Waals surface area contributed by atoms with Crippen LogP contribution in [0.4, 0.5) is 0 Å². The molecular formula is C20H32N2O2. The van der Waals surface area contributed by atoms with Gasteiger partial charge in [-0.2, -0.15) is 0 Å². The summed E-state index contributed by atoms with van der Waals surface area (Å²) in [5.74, 6) is 0.817. The predicted molar refractivity (Wildman–Crippen MR) is 104 cm³/mol. The fourth-order valence-corrected chi connectivity index (χ4v) is 2.32. The zero-order valence-electron chi connectivity index (χ0n) is 16.1. The first kappa shape index (κ1) is 22.1. The van der Waals surface area contributed by atoms with E-state index < -0.39 is 0 Å². The molecule has 1 unspecified atom stereocenters. The van der Waals surface area contributed by atoms with E-state index in [0.717, 1.165) is 23.2 Å². The summed E-state index contributed by atoms with van der Waals surface area (Å²) >= 11 is 0. The Kier molecular flexibility index (Phi) is 10.6. The Morgan fingerprint density at radius 2 is 1.79 bits per heavy atom. The summed E-state index contributed by atoms with van der Waals surface area (Å²) in [6.45, 7) is 12.6. The van der Waals surface area contributed by atoms with Crippen molar-refractivity contribution >= 4 is 17.1 Å². The highest BCUT2D eigenvalue weighted by molar-refractivity contribution is 5.89. The summed E-state index contributed by atoms with van der Waals surface area (Å²) in [5, 5.41) is 4.65. The van der Waals surface area contributed by atoms with Gasteiger partial charge in [-0.3, -0.25) is 9.59 Å². The van der Waals surface area contributed by atoms with Crippen LogP contribution in [-0.2, 0) is 0 Å². The number of carbonyl (C=O) groups is 1. The molecule has 1 heterocycles. The van der Waals surface area contributed by atoms with Gasteiger partial charge in [0.25, 0.3) is 5.56 Å². The first-order valence-electron chi connectivity index (χ1n) is 8.63. The molecule has 1 aromatic carbocycles. The molecule has 2 rings (SSSR count). The fraction of sp³-hybridized carbons (Fsp3) is 0.500. The molecule has 24 heavy (non-hydrogen) atoms. The molecule has 0 fully saturated rings. The quantitative estimate of drug-likeness (QED) is 0.820. The van der Waals surface area contributed by atoms with Gasteiger partial charge in [-0.25, -0.2) is 0 Å². The molecule has 2 N–H and O–H groups in total. The summed E-state index contributed by atoms with van der Waals surface area (Å²) in [7, 11) is 2.01. The maximum absolute atomic E-state index is 11.4. The van der Waals surface area contributed by atoms with Gasteiger partial charge in [0.15, 0.2) is 0 Å². The van der Waals surface area contributed by atoms with Crippen LogP contribution >= 0.6 is 0 Å². The summed E-state index contributed by atoms with van der Waals surface area (Å²) in [6.07, 6.45) is 3.68. The predicted octanol–water partition coefficient (Wildman–Crippen LogP) is 4.32. The molecule has 0 bridgehead atoms. The Labute approximate surface area is 145 Å². The van der Waals surface area contributed by atoms with E-state index >= 15 is 0 Å². The van der Waals surface area contributed by atoms with Crippen molar-refractivity contribution in [3.8, 4) is 0 Å². The minimum atomic E-state index is -0.158. The number of aromatic amines is 1. The van der Waals surface area contributed by atoms with Gasteiger partial charge in [-0.15, -0.1) is 0 Å². The van der Waals surface area contributed by atoms with E-state index in [9.17, 15) is 9.59 Å². The molecule has 0 aliphatic heterocycles. The Balaban J connectivity index is 0.000000456. The van der Waals surface area contributed by atoms with E-state index in [0.29, 0.717) is 17.0 Å². The number of rotatable bonds is 4. The lowest BCUT2D eigenvalue weighted by atomic mass is 10.1.